The Bertz CT molecular complexity index is 1180. The number of isothiocyanates is 1. The molecule has 0 atom stereocenters. The van der Waals surface area contributed by atoms with Gasteiger partial charge in [0.05, 0.1) is 24.2 Å². The van der Waals surface area contributed by atoms with Gasteiger partial charge in [0.2, 0.25) is 5.89 Å². The summed E-state index contributed by atoms with van der Waals surface area (Å²) in [6, 6.07) is 19.9. The van der Waals surface area contributed by atoms with Crippen molar-refractivity contribution in [1.29, 1.82) is 0 Å². The van der Waals surface area contributed by atoms with Gasteiger partial charge >= 0.3 is 0 Å². The van der Waals surface area contributed by atoms with Crippen LogP contribution in [0, 0.1) is 0 Å². The summed E-state index contributed by atoms with van der Waals surface area (Å²) in [5.74, 6) is 2.15. The Kier molecular flexibility index (Phi) is 8.45. The summed E-state index contributed by atoms with van der Waals surface area (Å²) in [7, 11) is 1.65. The number of pyridine rings is 1. The van der Waals surface area contributed by atoms with Gasteiger partial charge in [-0.25, -0.2) is 9.55 Å². The number of ether oxygens (including phenoxy) is 1. The molecule has 0 aliphatic carbocycles. The molecule has 4 rings (SSSR count). The van der Waals surface area contributed by atoms with Crippen LogP contribution < -0.4 is 26.3 Å². The molecule has 4 aromatic rings. The molecule has 162 valence electrons. The van der Waals surface area contributed by atoms with Crippen molar-refractivity contribution >= 4 is 23.1 Å². The predicted octanol–water partition coefficient (Wildman–Crippen LogP) is 2.68. The molecular formula is C25H22BrN3O2S. The summed E-state index contributed by atoms with van der Waals surface area (Å²) in [6.45, 7) is 0.933. The highest BCUT2D eigenvalue weighted by Gasteiger charge is 2.10. The van der Waals surface area contributed by atoms with Crippen LogP contribution in [-0.4, -0.2) is 17.3 Å². The number of hydrogen-bond acceptors (Lipinski definition) is 5. The summed E-state index contributed by atoms with van der Waals surface area (Å²) in [5.41, 5.74) is 4.04. The third-order valence-electron chi connectivity index (χ3n) is 5.01. The van der Waals surface area contributed by atoms with Crippen molar-refractivity contribution < 1.29 is 30.7 Å². The van der Waals surface area contributed by atoms with E-state index in [-0.39, 0.29) is 17.0 Å². The van der Waals surface area contributed by atoms with Crippen LogP contribution in [0.2, 0.25) is 0 Å². The second-order valence-electron chi connectivity index (χ2n) is 7.06. The number of nitrogens with zero attached hydrogens (tertiary/aromatic N) is 3. The molecule has 7 heteroatoms. The Hall–Kier alpha value is -3.12. The minimum absolute atomic E-state index is 0. The van der Waals surface area contributed by atoms with E-state index in [1.165, 1.54) is 5.56 Å². The first-order valence-corrected chi connectivity index (χ1v) is 10.4. The lowest BCUT2D eigenvalue weighted by atomic mass is 10.1. The number of methoxy groups -OCH3 is 1. The first-order valence-electron chi connectivity index (χ1n) is 10.0. The molecule has 0 bridgehead atoms. The number of aryl methyl sites for hydroxylation is 2. The molecule has 2 heterocycles. The first-order chi connectivity index (χ1) is 15.2. The second kappa shape index (κ2) is 11.5. The Morgan fingerprint density at radius 2 is 1.72 bits per heavy atom. The number of benzene rings is 2. The zero-order valence-corrected chi connectivity index (χ0v) is 20.0. The molecule has 0 radical (unpaired) electrons. The number of thiocarbonyl (C=S) groups is 1. The highest BCUT2D eigenvalue weighted by molar-refractivity contribution is 7.78. The molecule has 0 N–H and O–H groups in total. The number of oxazole rings is 1. The van der Waals surface area contributed by atoms with E-state index in [2.05, 4.69) is 56.4 Å². The zero-order chi connectivity index (χ0) is 21.5. The minimum atomic E-state index is 0. The fourth-order valence-corrected chi connectivity index (χ4v) is 3.41. The average Bonchev–Trinajstić information content (AvgIpc) is 3.31. The topological polar surface area (TPSA) is 51.5 Å². The molecule has 0 aliphatic rings. The summed E-state index contributed by atoms with van der Waals surface area (Å²) >= 11 is 4.63. The minimum Gasteiger partial charge on any atom is -1.00 e. The first kappa shape index (κ1) is 23.5. The van der Waals surface area contributed by atoms with Crippen molar-refractivity contribution in [3.05, 3.63) is 84.8 Å². The van der Waals surface area contributed by atoms with Crippen molar-refractivity contribution in [3.8, 4) is 28.5 Å². The highest BCUT2D eigenvalue weighted by Crippen LogP contribution is 2.26. The van der Waals surface area contributed by atoms with E-state index in [1.54, 1.807) is 13.3 Å². The van der Waals surface area contributed by atoms with Crippen molar-refractivity contribution in [2.24, 2.45) is 4.99 Å². The molecule has 32 heavy (non-hydrogen) atoms. The van der Waals surface area contributed by atoms with E-state index in [4.69, 9.17) is 9.15 Å². The van der Waals surface area contributed by atoms with Crippen LogP contribution in [0.3, 0.4) is 0 Å². The molecule has 0 aliphatic heterocycles. The summed E-state index contributed by atoms with van der Waals surface area (Å²) in [6.07, 6.45) is 7.91. The van der Waals surface area contributed by atoms with Crippen LogP contribution in [0.5, 0.6) is 5.75 Å². The number of aromatic nitrogens is 2. The van der Waals surface area contributed by atoms with Crippen LogP contribution in [0.1, 0.15) is 12.0 Å². The zero-order valence-electron chi connectivity index (χ0n) is 17.6. The van der Waals surface area contributed by atoms with Crippen LogP contribution >= 0.6 is 12.2 Å². The molecule has 2 aromatic carbocycles. The SMILES string of the molecule is COc1ccc(-c2cnc(-c3cc[n+](CCCc4ccc(N=C=S)cc4)cc3)o2)cc1.[Br-]. The molecule has 0 spiro atoms. The molecule has 0 amide bonds. The Morgan fingerprint density at radius 1 is 1.00 bits per heavy atom. The van der Waals surface area contributed by atoms with Crippen LogP contribution in [0.15, 0.2) is 88.7 Å². The maximum Gasteiger partial charge on any atom is 0.227 e. The molecule has 0 fully saturated rings. The molecule has 5 nitrogen and oxygen atoms in total. The maximum atomic E-state index is 5.96. The van der Waals surface area contributed by atoms with E-state index in [9.17, 15) is 0 Å². The lowest BCUT2D eigenvalue weighted by molar-refractivity contribution is -0.697. The maximum absolute atomic E-state index is 5.96. The number of hydrogen-bond donors (Lipinski definition) is 0. The standard InChI is InChI=1S/C25H22N3O2S.BrH/c1-29-23-10-6-20(7-11-23)24-17-26-25(30-24)21-12-15-28(16-13-21)14-2-3-19-4-8-22(9-5-19)27-18-31;/h4-13,15-17H,2-3,14H2,1H3;1H/q+1;/p-1. The largest absolute Gasteiger partial charge is 1.00 e. The van der Waals surface area contributed by atoms with E-state index >= 15 is 0 Å². The molecular weight excluding hydrogens is 486 g/mol. The van der Waals surface area contributed by atoms with Gasteiger partial charge in [-0.3, -0.25) is 0 Å². The number of aliphatic imine (C=N–C) groups is 1. The van der Waals surface area contributed by atoms with Crippen LogP contribution in [0.4, 0.5) is 5.69 Å². The van der Waals surface area contributed by atoms with Crippen molar-refractivity contribution in [2.75, 3.05) is 7.11 Å². The van der Waals surface area contributed by atoms with Gasteiger partial charge in [0, 0.05) is 29.7 Å². The van der Waals surface area contributed by atoms with Crippen LogP contribution in [0.25, 0.3) is 22.8 Å². The van der Waals surface area contributed by atoms with E-state index in [1.807, 2.05) is 48.5 Å². The van der Waals surface area contributed by atoms with Crippen molar-refractivity contribution in [2.45, 2.75) is 19.4 Å². The third-order valence-corrected chi connectivity index (χ3v) is 5.10. The van der Waals surface area contributed by atoms with E-state index in [0.717, 1.165) is 47.7 Å². The lowest BCUT2D eigenvalue weighted by Crippen LogP contribution is -3.00. The van der Waals surface area contributed by atoms with Gasteiger partial charge in [-0.1, -0.05) is 12.1 Å². The number of halogens is 1. The summed E-state index contributed by atoms with van der Waals surface area (Å²) < 4.78 is 13.3. The Labute approximate surface area is 203 Å². The third kappa shape index (κ3) is 5.98. The average molecular weight is 508 g/mol. The van der Waals surface area contributed by atoms with Crippen molar-refractivity contribution in [1.82, 2.24) is 4.98 Å². The van der Waals surface area contributed by atoms with Gasteiger partial charge in [-0.15, -0.1) is 0 Å². The smallest absolute Gasteiger partial charge is 0.227 e. The fourth-order valence-electron chi connectivity index (χ4n) is 3.30. The molecule has 0 saturated carbocycles. The monoisotopic (exact) mass is 507 g/mol. The Balaban J connectivity index is 0.00000289. The molecule has 0 saturated heterocycles. The molecule has 0 unspecified atom stereocenters. The summed E-state index contributed by atoms with van der Waals surface area (Å²) in [5, 5.41) is 2.39. The quantitative estimate of drug-likeness (QED) is 0.209. The van der Waals surface area contributed by atoms with Gasteiger partial charge in [-0.2, -0.15) is 4.99 Å². The van der Waals surface area contributed by atoms with E-state index < -0.39 is 0 Å². The fraction of sp³-hybridized carbons (Fsp3) is 0.160. The van der Waals surface area contributed by atoms with Gasteiger partial charge in [0.1, 0.15) is 12.3 Å². The second-order valence-corrected chi connectivity index (χ2v) is 7.24. The normalized spacial score (nSPS) is 10.2. The van der Waals surface area contributed by atoms with Gasteiger partial charge < -0.3 is 26.1 Å². The Morgan fingerprint density at radius 3 is 2.38 bits per heavy atom. The lowest BCUT2D eigenvalue weighted by Gasteiger charge is -2.01. The van der Waals surface area contributed by atoms with Crippen molar-refractivity contribution in [3.63, 3.8) is 0 Å². The van der Waals surface area contributed by atoms with Crippen LogP contribution in [-0.2, 0) is 13.0 Å². The molecule has 2 aromatic heterocycles. The van der Waals surface area contributed by atoms with Gasteiger partial charge in [-0.05, 0) is 60.6 Å². The van der Waals surface area contributed by atoms with E-state index in [0.29, 0.717) is 5.89 Å². The van der Waals surface area contributed by atoms with Gasteiger partial charge in [0.15, 0.2) is 18.2 Å². The highest BCUT2D eigenvalue weighted by atomic mass is 79.9. The number of rotatable bonds is 8. The van der Waals surface area contributed by atoms with Gasteiger partial charge in [0.25, 0.3) is 0 Å². The predicted molar refractivity (Wildman–Crippen MR) is 124 cm³/mol. The summed E-state index contributed by atoms with van der Waals surface area (Å²) in [4.78, 5) is 8.41.